The summed E-state index contributed by atoms with van der Waals surface area (Å²) in [5.74, 6) is 0.421. The largest absolute Gasteiger partial charge is 0.486 e. The van der Waals surface area contributed by atoms with Crippen LogP contribution in [0.4, 0.5) is 5.69 Å². The van der Waals surface area contributed by atoms with Gasteiger partial charge in [0, 0.05) is 12.1 Å². The third kappa shape index (κ3) is 5.37. The van der Waals surface area contributed by atoms with Crippen molar-refractivity contribution in [3.05, 3.63) is 34.4 Å². The Morgan fingerprint density at radius 1 is 1.39 bits per heavy atom. The minimum Gasteiger partial charge on any atom is -0.486 e. The molecule has 7 nitrogen and oxygen atoms in total. The summed E-state index contributed by atoms with van der Waals surface area (Å²) in [7, 11) is 0. The second kappa shape index (κ2) is 9.32. The fourth-order valence-corrected chi connectivity index (χ4v) is 2.77. The van der Waals surface area contributed by atoms with Gasteiger partial charge in [-0.15, -0.1) is 12.4 Å². The number of nitro benzene ring substituents is 1. The number of nitro groups is 1. The summed E-state index contributed by atoms with van der Waals surface area (Å²) in [5.41, 5.74) is 5.59. The Labute approximate surface area is 141 Å². The predicted octanol–water partition coefficient (Wildman–Crippen LogP) is 2.03. The summed E-state index contributed by atoms with van der Waals surface area (Å²) in [5, 5.41) is 13.8. The number of ether oxygens (including phenoxy) is 1. The second-order valence-electron chi connectivity index (χ2n) is 5.42. The lowest BCUT2D eigenvalue weighted by Gasteiger charge is -2.19. The van der Waals surface area contributed by atoms with E-state index in [0.29, 0.717) is 12.5 Å². The van der Waals surface area contributed by atoms with Crippen molar-refractivity contribution in [3.63, 3.8) is 0 Å². The van der Waals surface area contributed by atoms with E-state index in [1.165, 1.54) is 12.1 Å². The molecule has 1 fully saturated rings. The highest BCUT2D eigenvalue weighted by molar-refractivity contribution is 5.85. The van der Waals surface area contributed by atoms with Crippen molar-refractivity contribution in [2.45, 2.75) is 31.7 Å². The highest BCUT2D eigenvalue weighted by Gasteiger charge is 2.27. The van der Waals surface area contributed by atoms with Crippen LogP contribution in [0.3, 0.4) is 0 Å². The SMILES string of the molecule is Cl.NCC1CCCC1NC(=O)CCOc1ccccc1[N+](=O)[O-]. The molecule has 1 aromatic carbocycles. The standard InChI is InChI=1S/C15H21N3O4.ClH/c16-10-11-4-3-5-12(11)17-15(19)8-9-22-14-7-2-1-6-13(14)18(20)21;/h1-2,6-7,11-12H,3-5,8-10,16H2,(H,17,19);1H. The number of benzene rings is 1. The maximum absolute atomic E-state index is 11.9. The van der Waals surface area contributed by atoms with Gasteiger partial charge in [0.2, 0.25) is 5.91 Å². The van der Waals surface area contributed by atoms with Crippen LogP contribution in [0.25, 0.3) is 0 Å². The van der Waals surface area contributed by atoms with E-state index in [2.05, 4.69) is 5.32 Å². The summed E-state index contributed by atoms with van der Waals surface area (Å²) < 4.78 is 5.36. The number of halogens is 1. The highest BCUT2D eigenvalue weighted by atomic mass is 35.5. The third-order valence-electron chi connectivity index (χ3n) is 3.96. The van der Waals surface area contributed by atoms with Crippen LogP contribution in [0.2, 0.25) is 0 Å². The zero-order valence-electron chi connectivity index (χ0n) is 12.8. The predicted molar refractivity (Wildman–Crippen MR) is 88.8 cm³/mol. The molecule has 1 aromatic rings. The quantitative estimate of drug-likeness (QED) is 0.581. The summed E-state index contributed by atoms with van der Waals surface area (Å²) in [4.78, 5) is 22.3. The molecule has 1 aliphatic carbocycles. The Kier molecular flexibility index (Phi) is 7.77. The number of nitrogens with zero attached hydrogens (tertiary/aromatic N) is 1. The molecule has 2 rings (SSSR count). The fourth-order valence-electron chi connectivity index (χ4n) is 2.77. The van der Waals surface area contributed by atoms with Gasteiger partial charge in [-0.3, -0.25) is 14.9 Å². The van der Waals surface area contributed by atoms with Crippen molar-refractivity contribution in [1.82, 2.24) is 5.32 Å². The van der Waals surface area contributed by atoms with Crippen molar-refractivity contribution in [2.75, 3.05) is 13.2 Å². The number of amides is 1. The highest BCUT2D eigenvalue weighted by Crippen LogP contribution is 2.26. The Morgan fingerprint density at radius 2 is 2.13 bits per heavy atom. The number of nitrogens with two attached hydrogens (primary N) is 1. The van der Waals surface area contributed by atoms with Crippen molar-refractivity contribution >= 4 is 24.0 Å². The molecule has 23 heavy (non-hydrogen) atoms. The van der Waals surface area contributed by atoms with E-state index in [-0.39, 0.29) is 48.8 Å². The molecule has 3 N–H and O–H groups in total. The molecule has 1 saturated carbocycles. The summed E-state index contributed by atoms with van der Waals surface area (Å²) in [6.07, 6.45) is 3.26. The monoisotopic (exact) mass is 343 g/mol. The topological polar surface area (TPSA) is 107 Å². The Balaban J connectivity index is 0.00000264. The molecule has 2 atom stereocenters. The first-order valence-electron chi connectivity index (χ1n) is 7.47. The molecule has 0 aliphatic heterocycles. The van der Waals surface area contributed by atoms with Crippen LogP contribution in [-0.4, -0.2) is 30.0 Å². The van der Waals surface area contributed by atoms with Crippen LogP contribution in [0.15, 0.2) is 24.3 Å². The number of nitrogens with one attached hydrogen (secondary N) is 1. The van der Waals surface area contributed by atoms with E-state index in [1.807, 2.05) is 0 Å². The molecule has 8 heteroatoms. The number of hydrogen-bond acceptors (Lipinski definition) is 5. The normalized spacial score (nSPS) is 19.7. The Morgan fingerprint density at radius 3 is 2.83 bits per heavy atom. The average molecular weight is 344 g/mol. The van der Waals surface area contributed by atoms with E-state index < -0.39 is 4.92 Å². The molecule has 128 valence electrons. The first-order valence-corrected chi connectivity index (χ1v) is 7.47. The van der Waals surface area contributed by atoms with Gasteiger partial charge in [0.25, 0.3) is 0 Å². The van der Waals surface area contributed by atoms with Crippen molar-refractivity contribution in [3.8, 4) is 5.75 Å². The van der Waals surface area contributed by atoms with Crippen LogP contribution in [-0.2, 0) is 4.79 Å². The van der Waals surface area contributed by atoms with Gasteiger partial charge < -0.3 is 15.8 Å². The molecule has 0 saturated heterocycles. The zero-order valence-corrected chi connectivity index (χ0v) is 13.6. The number of para-hydroxylation sites is 2. The molecule has 1 aliphatic rings. The van der Waals surface area contributed by atoms with Crippen molar-refractivity contribution in [1.29, 1.82) is 0 Å². The number of carbonyl (C=O) groups is 1. The number of rotatable bonds is 7. The molecular formula is C15H22ClN3O4. The van der Waals surface area contributed by atoms with Gasteiger partial charge in [-0.05, 0) is 31.4 Å². The van der Waals surface area contributed by atoms with Gasteiger partial charge in [-0.25, -0.2) is 0 Å². The van der Waals surface area contributed by atoms with Crippen LogP contribution >= 0.6 is 12.4 Å². The maximum Gasteiger partial charge on any atom is 0.310 e. The van der Waals surface area contributed by atoms with Crippen LogP contribution in [0.1, 0.15) is 25.7 Å². The fraction of sp³-hybridized carbons (Fsp3) is 0.533. The zero-order chi connectivity index (χ0) is 15.9. The minimum absolute atomic E-state index is 0. The molecule has 2 unspecified atom stereocenters. The lowest BCUT2D eigenvalue weighted by atomic mass is 10.0. The summed E-state index contributed by atoms with van der Waals surface area (Å²) >= 11 is 0. The minimum atomic E-state index is -0.500. The Hall–Kier alpha value is -1.86. The van der Waals surface area contributed by atoms with Gasteiger partial charge >= 0.3 is 5.69 Å². The molecule has 0 aromatic heterocycles. The van der Waals surface area contributed by atoms with Crippen LogP contribution in [0, 0.1) is 16.0 Å². The van der Waals surface area contributed by atoms with E-state index in [9.17, 15) is 14.9 Å². The van der Waals surface area contributed by atoms with Gasteiger partial charge in [0.15, 0.2) is 5.75 Å². The molecule has 0 radical (unpaired) electrons. The van der Waals surface area contributed by atoms with E-state index in [0.717, 1.165) is 19.3 Å². The molecular weight excluding hydrogens is 322 g/mol. The number of hydrogen-bond donors (Lipinski definition) is 2. The second-order valence-corrected chi connectivity index (χ2v) is 5.42. The first-order chi connectivity index (χ1) is 10.6. The van der Waals surface area contributed by atoms with Gasteiger partial charge in [0.05, 0.1) is 18.0 Å². The van der Waals surface area contributed by atoms with Gasteiger partial charge in [0.1, 0.15) is 0 Å². The van der Waals surface area contributed by atoms with Crippen molar-refractivity contribution < 1.29 is 14.5 Å². The van der Waals surface area contributed by atoms with Crippen molar-refractivity contribution in [2.24, 2.45) is 11.7 Å². The van der Waals surface area contributed by atoms with E-state index in [1.54, 1.807) is 12.1 Å². The van der Waals surface area contributed by atoms with Crippen LogP contribution < -0.4 is 15.8 Å². The molecule has 0 bridgehead atoms. The smallest absolute Gasteiger partial charge is 0.310 e. The van der Waals surface area contributed by atoms with E-state index >= 15 is 0 Å². The summed E-state index contributed by atoms with van der Waals surface area (Å²) in [6.45, 7) is 0.689. The average Bonchev–Trinajstić information content (AvgIpc) is 2.94. The van der Waals surface area contributed by atoms with E-state index in [4.69, 9.17) is 10.5 Å². The lowest BCUT2D eigenvalue weighted by Crippen LogP contribution is -2.40. The third-order valence-corrected chi connectivity index (χ3v) is 3.96. The number of carbonyl (C=O) groups excluding carboxylic acids is 1. The molecule has 0 spiro atoms. The van der Waals surface area contributed by atoms with Gasteiger partial charge in [-0.1, -0.05) is 18.6 Å². The summed E-state index contributed by atoms with van der Waals surface area (Å²) in [6, 6.07) is 6.28. The first kappa shape index (κ1) is 19.2. The molecule has 1 amide bonds. The van der Waals surface area contributed by atoms with Crippen LogP contribution in [0.5, 0.6) is 5.75 Å². The Bertz CT molecular complexity index is 541. The molecule has 0 heterocycles. The van der Waals surface area contributed by atoms with Gasteiger partial charge in [-0.2, -0.15) is 0 Å². The lowest BCUT2D eigenvalue weighted by molar-refractivity contribution is -0.385. The maximum atomic E-state index is 11.9.